The number of hydrogen-bond donors (Lipinski definition) is 1. The summed E-state index contributed by atoms with van der Waals surface area (Å²) >= 11 is 1.48. The van der Waals surface area contributed by atoms with Gasteiger partial charge in [-0.3, -0.25) is 9.59 Å². The number of rotatable bonds is 6. The molecule has 1 saturated heterocycles. The first kappa shape index (κ1) is 19.5. The smallest absolute Gasteiger partial charge is 0.273 e. The second-order valence-corrected chi connectivity index (χ2v) is 7.62. The summed E-state index contributed by atoms with van der Waals surface area (Å²) in [5.41, 5.74) is 7.22. The molecule has 0 aliphatic carbocycles. The molecule has 1 fully saturated rings. The second-order valence-electron chi connectivity index (χ2n) is 6.68. The lowest BCUT2D eigenvalue weighted by molar-refractivity contribution is -0.131. The van der Waals surface area contributed by atoms with E-state index in [4.69, 9.17) is 5.73 Å². The standard InChI is InChI=1S/C20H26N4O2S/c21-10-9-18-22-17(15-27-18)20(26)24-12-4-11-23(13-14-24)19(25)8-7-16-5-2-1-3-6-16/h1-3,5-6,15H,4,7-14,21H2. The van der Waals surface area contributed by atoms with E-state index in [1.54, 1.807) is 5.38 Å². The van der Waals surface area contributed by atoms with Crippen LogP contribution in [0.1, 0.15) is 33.9 Å². The number of carbonyl (C=O) groups excluding carboxylic acids is 2. The highest BCUT2D eigenvalue weighted by Gasteiger charge is 2.24. The fourth-order valence-electron chi connectivity index (χ4n) is 3.23. The maximum absolute atomic E-state index is 12.7. The Morgan fingerprint density at radius 2 is 1.78 bits per heavy atom. The summed E-state index contributed by atoms with van der Waals surface area (Å²) in [7, 11) is 0. The molecule has 1 aliphatic heterocycles. The Balaban J connectivity index is 1.51. The minimum atomic E-state index is -0.0481. The van der Waals surface area contributed by atoms with Crippen LogP contribution >= 0.6 is 11.3 Å². The van der Waals surface area contributed by atoms with Gasteiger partial charge in [0.15, 0.2) is 0 Å². The van der Waals surface area contributed by atoms with Crippen LogP contribution in [-0.2, 0) is 17.6 Å². The van der Waals surface area contributed by atoms with Crippen molar-refractivity contribution in [2.45, 2.75) is 25.7 Å². The molecule has 2 aromatic rings. The van der Waals surface area contributed by atoms with Gasteiger partial charge in [0.25, 0.3) is 5.91 Å². The van der Waals surface area contributed by atoms with Crippen molar-refractivity contribution >= 4 is 23.2 Å². The summed E-state index contributed by atoms with van der Waals surface area (Å²) in [5, 5.41) is 2.70. The summed E-state index contributed by atoms with van der Waals surface area (Å²) in [6.07, 6.45) is 2.75. The Labute approximate surface area is 164 Å². The van der Waals surface area contributed by atoms with Gasteiger partial charge < -0.3 is 15.5 Å². The number of aryl methyl sites for hydroxylation is 1. The van der Waals surface area contributed by atoms with Crippen LogP contribution in [0, 0.1) is 0 Å². The van der Waals surface area contributed by atoms with Crippen molar-refractivity contribution in [3.63, 3.8) is 0 Å². The van der Waals surface area contributed by atoms with E-state index in [2.05, 4.69) is 4.98 Å². The van der Waals surface area contributed by atoms with Gasteiger partial charge in [-0.2, -0.15) is 0 Å². The Hall–Kier alpha value is -2.25. The first-order valence-electron chi connectivity index (χ1n) is 9.43. The third-order valence-electron chi connectivity index (χ3n) is 4.74. The van der Waals surface area contributed by atoms with Gasteiger partial charge in [-0.1, -0.05) is 30.3 Å². The fraction of sp³-hybridized carbons (Fsp3) is 0.450. The van der Waals surface area contributed by atoms with E-state index in [1.165, 1.54) is 16.9 Å². The Bertz CT molecular complexity index is 762. The van der Waals surface area contributed by atoms with Crippen molar-refractivity contribution in [1.82, 2.24) is 14.8 Å². The van der Waals surface area contributed by atoms with Crippen molar-refractivity contribution < 1.29 is 9.59 Å². The first-order valence-corrected chi connectivity index (χ1v) is 10.3. The Morgan fingerprint density at radius 1 is 1.04 bits per heavy atom. The normalized spacial score (nSPS) is 14.9. The quantitative estimate of drug-likeness (QED) is 0.823. The third-order valence-corrected chi connectivity index (χ3v) is 5.64. The largest absolute Gasteiger partial charge is 0.341 e. The van der Waals surface area contributed by atoms with Gasteiger partial charge >= 0.3 is 0 Å². The predicted molar refractivity (Wildman–Crippen MR) is 107 cm³/mol. The molecule has 27 heavy (non-hydrogen) atoms. The molecule has 6 nitrogen and oxygen atoms in total. The zero-order chi connectivity index (χ0) is 19.1. The fourth-order valence-corrected chi connectivity index (χ4v) is 4.02. The number of benzene rings is 1. The minimum Gasteiger partial charge on any atom is -0.341 e. The Kier molecular flexibility index (Phi) is 6.95. The van der Waals surface area contributed by atoms with Crippen molar-refractivity contribution in [2.75, 3.05) is 32.7 Å². The average Bonchev–Trinajstić information content (AvgIpc) is 3.02. The lowest BCUT2D eigenvalue weighted by atomic mass is 10.1. The van der Waals surface area contributed by atoms with E-state index in [0.29, 0.717) is 51.3 Å². The molecule has 0 unspecified atom stereocenters. The number of nitrogens with zero attached hydrogens (tertiary/aromatic N) is 3. The van der Waals surface area contributed by atoms with Gasteiger partial charge in [-0.15, -0.1) is 11.3 Å². The molecular weight excluding hydrogens is 360 g/mol. The molecule has 2 heterocycles. The first-order chi connectivity index (χ1) is 13.2. The molecule has 0 atom stereocenters. The molecule has 2 amide bonds. The van der Waals surface area contributed by atoms with Gasteiger partial charge in [0.1, 0.15) is 5.69 Å². The molecule has 0 saturated carbocycles. The van der Waals surface area contributed by atoms with Crippen LogP contribution in [0.4, 0.5) is 0 Å². The highest BCUT2D eigenvalue weighted by Crippen LogP contribution is 2.14. The number of thiazole rings is 1. The highest BCUT2D eigenvalue weighted by atomic mass is 32.1. The molecule has 1 aromatic carbocycles. The monoisotopic (exact) mass is 386 g/mol. The lowest BCUT2D eigenvalue weighted by Gasteiger charge is -2.21. The minimum absolute atomic E-state index is 0.0481. The summed E-state index contributed by atoms with van der Waals surface area (Å²) in [4.78, 5) is 33.3. The van der Waals surface area contributed by atoms with E-state index >= 15 is 0 Å². The van der Waals surface area contributed by atoms with E-state index in [0.717, 1.165) is 17.8 Å². The van der Waals surface area contributed by atoms with Crippen molar-refractivity contribution in [2.24, 2.45) is 5.73 Å². The van der Waals surface area contributed by atoms with E-state index < -0.39 is 0 Å². The molecule has 2 N–H and O–H groups in total. The topological polar surface area (TPSA) is 79.5 Å². The predicted octanol–water partition coefficient (Wildman–Crippen LogP) is 1.95. The highest BCUT2D eigenvalue weighted by molar-refractivity contribution is 7.09. The molecule has 1 aliphatic rings. The summed E-state index contributed by atoms with van der Waals surface area (Å²) in [5.74, 6) is 0.111. The molecule has 0 radical (unpaired) electrons. The maximum atomic E-state index is 12.7. The average molecular weight is 387 g/mol. The van der Waals surface area contributed by atoms with Gasteiger partial charge in [0.2, 0.25) is 5.91 Å². The molecule has 7 heteroatoms. The van der Waals surface area contributed by atoms with Crippen LogP contribution < -0.4 is 5.73 Å². The van der Waals surface area contributed by atoms with E-state index in [-0.39, 0.29) is 11.8 Å². The molecular formula is C20H26N4O2S. The summed E-state index contributed by atoms with van der Waals surface area (Å²) in [6.45, 7) is 3.03. The number of carbonyl (C=O) groups is 2. The van der Waals surface area contributed by atoms with Gasteiger partial charge in [0, 0.05) is 44.4 Å². The Morgan fingerprint density at radius 3 is 2.56 bits per heavy atom. The van der Waals surface area contributed by atoms with Crippen LogP contribution in [0.25, 0.3) is 0 Å². The van der Waals surface area contributed by atoms with Crippen LogP contribution in [0.2, 0.25) is 0 Å². The number of amides is 2. The number of aromatic nitrogens is 1. The van der Waals surface area contributed by atoms with E-state index in [9.17, 15) is 9.59 Å². The molecule has 1 aromatic heterocycles. The zero-order valence-corrected chi connectivity index (χ0v) is 16.3. The van der Waals surface area contributed by atoms with Gasteiger partial charge in [-0.05, 0) is 24.9 Å². The number of nitrogens with two attached hydrogens (primary N) is 1. The summed E-state index contributed by atoms with van der Waals surface area (Å²) < 4.78 is 0. The van der Waals surface area contributed by atoms with Crippen LogP contribution in [0.3, 0.4) is 0 Å². The van der Waals surface area contributed by atoms with Crippen LogP contribution in [0.5, 0.6) is 0 Å². The van der Waals surface area contributed by atoms with E-state index in [1.807, 2.05) is 40.1 Å². The van der Waals surface area contributed by atoms with Gasteiger partial charge in [-0.25, -0.2) is 4.98 Å². The molecule has 0 bridgehead atoms. The van der Waals surface area contributed by atoms with Crippen molar-refractivity contribution in [1.29, 1.82) is 0 Å². The molecule has 3 rings (SSSR count). The molecule has 144 valence electrons. The third kappa shape index (κ3) is 5.37. The lowest BCUT2D eigenvalue weighted by Crippen LogP contribution is -2.37. The van der Waals surface area contributed by atoms with Crippen LogP contribution in [0.15, 0.2) is 35.7 Å². The maximum Gasteiger partial charge on any atom is 0.273 e. The van der Waals surface area contributed by atoms with Crippen molar-refractivity contribution in [3.8, 4) is 0 Å². The number of hydrogen-bond acceptors (Lipinski definition) is 5. The van der Waals surface area contributed by atoms with Gasteiger partial charge in [0.05, 0.1) is 5.01 Å². The zero-order valence-electron chi connectivity index (χ0n) is 15.5. The molecule has 0 spiro atoms. The second kappa shape index (κ2) is 9.62. The van der Waals surface area contributed by atoms with Crippen LogP contribution in [-0.4, -0.2) is 59.3 Å². The summed E-state index contributed by atoms with van der Waals surface area (Å²) in [6, 6.07) is 10.1. The SMILES string of the molecule is NCCc1nc(C(=O)N2CCCN(C(=O)CCc3ccccc3)CC2)cs1. The van der Waals surface area contributed by atoms with Crippen molar-refractivity contribution in [3.05, 3.63) is 52.0 Å².